The number of rotatable bonds is 2. The summed E-state index contributed by atoms with van der Waals surface area (Å²) in [6.45, 7) is 0. The van der Waals surface area contributed by atoms with Gasteiger partial charge in [0.25, 0.3) is 5.91 Å². The van der Waals surface area contributed by atoms with Crippen LogP contribution in [-0.2, 0) is 0 Å². The summed E-state index contributed by atoms with van der Waals surface area (Å²) in [4.78, 5) is 15.7. The first-order chi connectivity index (χ1) is 7.27. The molecule has 1 heterocycles. The maximum Gasteiger partial charge on any atom is 0.254 e. The summed E-state index contributed by atoms with van der Waals surface area (Å²) in [7, 11) is 0. The molecule has 0 aliphatic heterocycles. The molecule has 1 amide bonds. The van der Waals surface area contributed by atoms with Gasteiger partial charge in [0.05, 0.1) is 5.56 Å². The van der Waals surface area contributed by atoms with E-state index < -0.39 is 0 Å². The van der Waals surface area contributed by atoms with Gasteiger partial charge in [0, 0.05) is 12.2 Å². The van der Waals surface area contributed by atoms with E-state index in [1.807, 2.05) is 0 Å². The number of amides is 1. The second kappa shape index (κ2) is 4.62. The van der Waals surface area contributed by atoms with Crippen LogP contribution >= 0.6 is 11.6 Å². The van der Waals surface area contributed by atoms with Gasteiger partial charge in [0.15, 0.2) is 0 Å². The van der Waals surface area contributed by atoms with E-state index in [9.17, 15) is 4.79 Å². The van der Waals surface area contributed by atoms with Crippen molar-refractivity contribution in [3.05, 3.63) is 29.0 Å². The highest BCUT2D eigenvalue weighted by Crippen LogP contribution is 2.19. The third kappa shape index (κ3) is 2.48. The summed E-state index contributed by atoms with van der Waals surface area (Å²) in [6.07, 6.45) is 6.12. The lowest BCUT2D eigenvalue weighted by Crippen LogP contribution is -2.32. The average Bonchev–Trinajstić information content (AvgIpc) is 2.71. The molecule has 1 saturated carbocycles. The Kier molecular flexibility index (Phi) is 3.21. The number of hydrogen-bond donors (Lipinski definition) is 1. The highest BCUT2D eigenvalue weighted by atomic mass is 35.5. The number of carbonyl (C=O) groups is 1. The number of nitrogens with zero attached hydrogens (tertiary/aromatic N) is 1. The lowest BCUT2D eigenvalue weighted by atomic mass is 10.2. The Bertz CT molecular complexity index is 361. The summed E-state index contributed by atoms with van der Waals surface area (Å²) < 4.78 is 0. The molecular formula is C11H13ClN2O. The van der Waals surface area contributed by atoms with E-state index in [0.717, 1.165) is 12.8 Å². The SMILES string of the molecule is O=C(NC1CCCC1)c1cccnc1Cl. The van der Waals surface area contributed by atoms with Crippen LogP contribution in [0.3, 0.4) is 0 Å². The van der Waals surface area contributed by atoms with Gasteiger partial charge < -0.3 is 5.32 Å². The van der Waals surface area contributed by atoms with Gasteiger partial charge in [0.2, 0.25) is 0 Å². The summed E-state index contributed by atoms with van der Waals surface area (Å²) in [5.74, 6) is -0.111. The Morgan fingerprint density at radius 1 is 1.47 bits per heavy atom. The van der Waals surface area contributed by atoms with Crippen molar-refractivity contribution in [3.8, 4) is 0 Å². The smallest absolute Gasteiger partial charge is 0.254 e. The van der Waals surface area contributed by atoms with Crippen LogP contribution in [0.2, 0.25) is 5.15 Å². The van der Waals surface area contributed by atoms with Crippen LogP contribution < -0.4 is 5.32 Å². The van der Waals surface area contributed by atoms with Crippen molar-refractivity contribution >= 4 is 17.5 Å². The van der Waals surface area contributed by atoms with E-state index in [1.54, 1.807) is 18.3 Å². The number of aromatic nitrogens is 1. The molecule has 0 aromatic carbocycles. The van der Waals surface area contributed by atoms with Gasteiger partial charge in [-0.05, 0) is 25.0 Å². The molecule has 1 N–H and O–H groups in total. The lowest BCUT2D eigenvalue weighted by Gasteiger charge is -2.11. The fraction of sp³-hybridized carbons (Fsp3) is 0.455. The number of hydrogen-bond acceptors (Lipinski definition) is 2. The molecule has 4 heteroatoms. The Morgan fingerprint density at radius 2 is 2.20 bits per heavy atom. The summed E-state index contributed by atoms with van der Waals surface area (Å²) in [6, 6.07) is 3.73. The van der Waals surface area contributed by atoms with E-state index in [-0.39, 0.29) is 11.1 Å². The second-order valence-corrected chi connectivity index (χ2v) is 4.15. The van der Waals surface area contributed by atoms with E-state index in [2.05, 4.69) is 10.3 Å². The molecule has 0 unspecified atom stereocenters. The average molecular weight is 225 g/mol. The first-order valence-corrected chi connectivity index (χ1v) is 5.56. The molecule has 0 saturated heterocycles. The van der Waals surface area contributed by atoms with Crippen molar-refractivity contribution < 1.29 is 4.79 Å². The normalized spacial score (nSPS) is 16.6. The van der Waals surface area contributed by atoms with Crippen LogP contribution in [0.15, 0.2) is 18.3 Å². The highest BCUT2D eigenvalue weighted by Gasteiger charge is 2.19. The van der Waals surface area contributed by atoms with E-state index in [0.29, 0.717) is 11.6 Å². The molecule has 0 atom stereocenters. The van der Waals surface area contributed by atoms with Gasteiger partial charge in [0.1, 0.15) is 5.15 Å². The largest absolute Gasteiger partial charge is 0.349 e. The van der Waals surface area contributed by atoms with Crippen molar-refractivity contribution in [1.29, 1.82) is 0 Å². The maximum atomic E-state index is 11.8. The quantitative estimate of drug-likeness (QED) is 0.784. The molecular weight excluding hydrogens is 212 g/mol. The van der Waals surface area contributed by atoms with Gasteiger partial charge in [-0.2, -0.15) is 0 Å². The first kappa shape index (κ1) is 10.4. The molecule has 1 aliphatic rings. The van der Waals surface area contributed by atoms with Crippen LogP contribution in [-0.4, -0.2) is 16.9 Å². The molecule has 1 aromatic rings. The van der Waals surface area contributed by atoms with Crippen LogP contribution in [0.5, 0.6) is 0 Å². The molecule has 3 nitrogen and oxygen atoms in total. The Morgan fingerprint density at radius 3 is 2.87 bits per heavy atom. The summed E-state index contributed by atoms with van der Waals surface area (Å²) >= 11 is 5.83. The fourth-order valence-corrected chi connectivity index (χ4v) is 2.09. The summed E-state index contributed by atoms with van der Waals surface area (Å²) in [5.41, 5.74) is 0.464. The molecule has 1 aromatic heterocycles. The number of nitrogens with one attached hydrogen (secondary N) is 1. The zero-order valence-corrected chi connectivity index (χ0v) is 9.13. The minimum atomic E-state index is -0.111. The maximum absolute atomic E-state index is 11.8. The molecule has 2 rings (SSSR count). The van der Waals surface area contributed by atoms with Crippen LogP contribution in [0.4, 0.5) is 0 Å². The fourth-order valence-electron chi connectivity index (χ4n) is 1.89. The van der Waals surface area contributed by atoms with Crippen molar-refractivity contribution in [2.24, 2.45) is 0 Å². The van der Waals surface area contributed by atoms with Crippen molar-refractivity contribution in [2.75, 3.05) is 0 Å². The number of pyridine rings is 1. The molecule has 80 valence electrons. The molecule has 1 aliphatic carbocycles. The van der Waals surface area contributed by atoms with Crippen molar-refractivity contribution in [3.63, 3.8) is 0 Å². The number of halogens is 1. The lowest BCUT2D eigenvalue weighted by molar-refractivity contribution is 0.0937. The Hall–Kier alpha value is -1.09. The Labute approximate surface area is 93.8 Å². The molecule has 15 heavy (non-hydrogen) atoms. The van der Waals surface area contributed by atoms with Gasteiger partial charge in [-0.3, -0.25) is 4.79 Å². The van der Waals surface area contributed by atoms with Crippen molar-refractivity contribution in [2.45, 2.75) is 31.7 Å². The second-order valence-electron chi connectivity index (χ2n) is 3.80. The van der Waals surface area contributed by atoms with Gasteiger partial charge in [-0.15, -0.1) is 0 Å². The minimum Gasteiger partial charge on any atom is -0.349 e. The number of carbonyl (C=O) groups excluding carboxylic acids is 1. The predicted molar refractivity (Wildman–Crippen MR) is 59.0 cm³/mol. The van der Waals surface area contributed by atoms with E-state index in [4.69, 9.17) is 11.6 Å². The third-order valence-corrected chi connectivity index (χ3v) is 3.00. The standard InChI is InChI=1S/C11H13ClN2O/c12-10-9(6-3-7-13-10)11(15)14-8-4-1-2-5-8/h3,6-8H,1-2,4-5H2,(H,14,15). The third-order valence-electron chi connectivity index (χ3n) is 2.69. The molecule has 0 radical (unpaired) electrons. The monoisotopic (exact) mass is 224 g/mol. The first-order valence-electron chi connectivity index (χ1n) is 5.19. The minimum absolute atomic E-state index is 0.111. The van der Waals surface area contributed by atoms with Crippen LogP contribution in [0, 0.1) is 0 Å². The van der Waals surface area contributed by atoms with E-state index >= 15 is 0 Å². The summed E-state index contributed by atoms with van der Waals surface area (Å²) in [5, 5.41) is 3.24. The van der Waals surface area contributed by atoms with Crippen molar-refractivity contribution in [1.82, 2.24) is 10.3 Å². The van der Waals surface area contributed by atoms with Gasteiger partial charge in [-0.1, -0.05) is 24.4 Å². The van der Waals surface area contributed by atoms with Crippen LogP contribution in [0.1, 0.15) is 36.0 Å². The van der Waals surface area contributed by atoms with Crippen LogP contribution in [0.25, 0.3) is 0 Å². The zero-order chi connectivity index (χ0) is 10.7. The molecule has 0 bridgehead atoms. The molecule has 0 spiro atoms. The zero-order valence-electron chi connectivity index (χ0n) is 8.37. The predicted octanol–water partition coefficient (Wildman–Crippen LogP) is 2.41. The topological polar surface area (TPSA) is 42.0 Å². The van der Waals surface area contributed by atoms with Gasteiger partial charge in [-0.25, -0.2) is 4.98 Å². The van der Waals surface area contributed by atoms with Gasteiger partial charge >= 0.3 is 0 Å². The Balaban J connectivity index is 2.04. The molecule has 1 fully saturated rings. The van der Waals surface area contributed by atoms with E-state index in [1.165, 1.54) is 12.8 Å². The highest BCUT2D eigenvalue weighted by molar-refractivity contribution is 6.32.